The Morgan fingerprint density at radius 1 is 1.37 bits per heavy atom. The molecule has 1 aromatic heterocycles. The SMILES string of the molecule is CCOC(c1ccccc1)c1nc2c(s1)CNCC2. The van der Waals surface area contributed by atoms with Gasteiger partial charge in [-0.05, 0) is 12.5 Å². The lowest BCUT2D eigenvalue weighted by Crippen LogP contribution is -2.22. The molecule has 100 valence electrons. The normalized spacial score (nSPS) is 16.1. The van der Waals surface area contributed by atoms with E-state index >= 15 is 0 Å². The second-order valence-corrected chi connectivity index (χ2v) is 5.71. The van der Waals surface area contributed by atoms with Crippen LogP contribution >= 0.6 is 11.3 Å². The molecular weight excluding hydrogens is 256 g/mol. The third kappa shape index (κ3) is 2.71. The van der Waals surface area contributed by atoms with Gasteiger partial charge in [0.05, 0.1) is 5.69 Å². The zero-order valence-corrected chi connectivity index (χ0v) is 11.9. The van der Waals surface area contributed by atoms with E-state index in [-0.39, 0.29) is 6.10 Å². The van der Waals surface area contributed by atoms with Gasteiger partial charge >= 0.3 is 0 Å². The topological polar surface area (TPSA) is 34.1 Å². The van der Waals surface area contributed by atoms with Crippen molar-refractivity contribution in [2.45, 2.75) is 26.0 Å². The lowest BCUT2D eigenvalue weighted by Gasteiger charge is -2.14. The Morgan fingerprint density at radius 3 is 2.95 bits per heavy atom. The minimum atomic E-state index is -0.0261. The number of nitrogens with zero attached hydrogens (tertiary/aromatic N) is 1. The van der Waals surface area contributed by atoms with Crippen LogP contribution in [0.2, 0.25) is 0 Å². The molecule has 0 saturated carbocycles. The van der Waals surface area contributed by atoms with E-state index in [4.69, 9.17) is 9.72 Å². The first-order chi connectivity index (χ1) is 9.38. The standard InChI is InChI=1S/C15H18N2OS/c1-2-18-14(11-6-4-3-5-7-11)15-17-12-8-9-16-10-13(12)19-15/h3-7,14,16H,2,8-10H2,1H3. The molecule has 0 radical (unpaired) electrons. The molecule has 0 aliphatic carbocycles. The van der Waals surface area contributed by atoms with Crippen LogP contribution in [0.1, 0.15) is 34.2 Å². The second-order valence-electron chi connectivity index (χ2n) is 4.59. The third-order valence-electron chi connectivity index (χ3n) is 3.28. The van der Waals surface area contributed by atoms with E-state index in [1.807, 2.05) is 13.0 Å². The summed E-state index contributed by atoms with van der Waals surface area (Å²) >= 11 is 1.78. The molecule has 1 aliphatic heterocycles. The molecule has 3 rings (SSSR count). The Balaban J connectivity index is 1.94. The number of thiazole rings is 1. The molecular formula is C15H18N2OS. The first-order valence-corrected chi connectivity index (χ1v) is 7.56. The molecule has 19 heavy (non-hydrogen) atoms. The van der Waals surface area contributed by atoms with Gasteiger partial charge in [-0.25, -0.2) is 4.98 Å². The summed E-state index contributed by atoms with van der Waals surface area (Å²) in [5.41, 5.74) is 2.43. The maximum atomic E-state index is 5.92. The molecule has 0 spiro atoms. The van der Waals surface area contributed by atoms with Crippen LogP contribution in [0.25, 0.3) is 0 Å². The molecule has 1 aromatic carbocycles. The Morgan fingerprint density at radius 2 is 2.21 bits per heavy atom. The molecule has 0 fully saturated rings. The van der Waals surface area contributed by atoms with Crippen molar-refractivity contribution in [3.8, 4) is 0 Å². The number of nitrogens with one attached hydrogen (secondary N) is 1. The predicted octanol–water partition coefficient (Wildman–Crippen LogP) is 2.91. The van der Waals surface area contributed by atoms with E-state index in [2.05, 4.69) is 29.6 Å². The number of ether oxygens (including phenoxy) is 1. The van der Waals surface area contributed by atoms with Crippen molar-refractivity contribution in [1.29, 1.82) is 0 Å². The summed E-state index contributed by atoms with van der Waals surface area (Å²) in [6.07, 6.45) is 1.00. The van der Waals surface area contributed by atoms with Gasteiger partial charge in [-0.1, -0.05) is 30.3 Å². The van der Waals surface area contributed by atoms with Crippen LogP contribution in [0, 0.1) is 0 Å². The number of aromatic nitrogens is 1. The minimum Gasteiger partial charge on any atom is -0.367 e. The van der Waals surface area contributed by atoms with Crippen LogP contribution in [0.3, 0.4) is 0 Å². The highest BCUT2D eigenvalue weighted by Crippen LogP contribution is 2.32. The quantitative estimate of drug-likeness (QED) is 0.931. The van der Waals surface area contributed by atoms with E-state index in [1.54, 1.807) is 11.3 Å². The maximum Gasteiger partial charge on any atom is 0.134 e. The predicted molar refractivity (Wildman–Crippen MR) is 77.4 cm³/mol. The summed E-state index contributed by atoms with van der Waals surface area (Å²) in [4.78, 5) is 6.16. The summed E-state index contributed by atoms with van der Waals surface area (Å²) in [7, 11) is 0. The summed E-state index contributed by atoms with van der Waals surface area (Å²) in [6.45, 7) is 4.70. The average Bonchev–Trinajstić information content (AvgIpc) is 2.89. The van der Waals surface area contributed by atoms with Gasteiger partial charge in [0, 0.05) is 31.0 Å². The van der Waals surface area contributed by atoms with Crippen LogP contribution in [0.15, 0.2) is 30.3 Å². The lowest BCUT2D eigenvalue weighted by molar-refractivity contribution is 0.0910. The largest absolute Gasteiger partial charge is 0.367 e. The number of hydrogen-bond acceptors (Lipinski definition) is 4. The van der Waals surface area contributed by atoms with Gasteiger partial charge < -0.3 is 10.1 Å². The van der Waals surface area contributed by atoms with Crippen molar-refractivity contribution in [2.75, 3.05) is 13.2 Å². The van der Waals surface area contributed by atoms with Crippen molar-refractivity contribution in [1.82, 2.24) is 10.3 Å². The van der Waals surface area contributed by atoms with Gasteiger partial charge in [-0.3, -0.25) is 0 Å². The first kappa shape index (κ1) is 12.8. The fourth-order valence-electron chi connectivity index (χ4n) is 2.36. The van der Waals surface area contributed by atoms with Crippen LogP contribution in [0.5, 0.6) is 0 Å². The fourth-order valence-corrected chi connectivity index (χ4v) is 3.52. The Bertz CT molecular complexity index is 515. The van der Waals surface area contributed by atoms with E-state index in [1.165, 1.54) is 16.1 Å². The Kier molecular flexibility index (Phi) is 3.92. The third-order valence-corrected chi connectivity index (χ3v) is 4.42. The van der Waals surface area contributed by atoms with Crippen molar-refractivity contribution >= 4 is 11.3 Å². The van der Waals surface area contributed by atoms with Gasteiger partial charge in [0.15, 0.2) is 0 Å². The van der Waals surface area contributed by atoms with Gasteiger partial charge in [-0.2, -0.15) is 0 Å². The number of hydrogen-bond donors (Lipinski definition) is 1. The van der Waals surface area contributed by atoms with Crippen LogP contribution in [0.4, 0.5) is 0 Å². The summed E-state index contributed by atoms with van der Waals surface area (Å²) < 4.78 is 5.92. The van der Waals surface area contributed by atoms with E-state index < -0.39 is 0 Å². The smallest absolute Gasteiger partial charge is 0.134 e. The first-order valence-electron chi connectivity index (χ1n) is 6.74. The van der Waals surface area contributed by atoms with E-state index in [0.717, 1.165) is 24.5 Å². The highest BCUT2D eigenvalue weighted by molar-refractivity contribution is 7.11. The van der Waals surface area contributed by atoms with Crippen LogP contribution in [-0.4, -0.2) is 18.1 Å². The molecule has 2 aromatic rings. The minimum absolute atomic E-state index is 0.0261. The number of fused-ring (bicyclic) bond motifs is 1. The van der Waals surface area contributed by atoms with Crippen molar-refractivity contribution in [3.05, 3.63) is 51.5 Å². The van der Waals surface area contributed by atoms with Crippen LogP contribution < -0.4 is 5.32 Å². The Hall–Kier alpha value is -1.23. The van der Waals surface area contributed by atoms with Gasteiger partial charge in [-0.15, -0.1) is 11.3 Å². The monoisotopic (exact) mass is 274 g/mol. The van der Waals surface area contributed by atoms with Gasteiger partial charge in [0.2, 0.25) is 0 Å². The molecule has 4 heteroatoms. The van der Waals surface area contributed by atoms with Gasteiger partial charge in [0.25, 0.3) is 0 Å². The molecule has 1 atom stereocenters. The molecule has 1 aliphatic rings. The second kappa shape index (κ2) is 5.82. The van der Waals surface area contributed by atoms with Gasteiger partial charge in [0.1, 0.15) is 11.1 Å². The zero-order valence-electron chi connectivity index (χ0n) is 11.1. The zero-order chi connectivity index (χ0) is 13.1. The molecule has 0 saturated heterocycles. The summed E-state index contributed by atoms with van der Waals surface area (Å²) in [5.74, 6) is 0. The molecule has 3 nitrogen and oxygen atoms in total. The molecule has 2 heterocycles. The Labute approximate surface area is 117 Å². The lowest BCUT2D eigenvalue weighted by atomic mass is 10.1. The summed E-state index contributed by atoms with van der Waals surface area (Å²) in [5, 5.41) is 4.48. The maximum absolute atomic E-state index is 5.92. The van der Waals surface area contributed by atoms with Crippen molar-refractivity contribution in [3.63, 3.8) is 0 Å². The fraction of sp³-hybridized carbons (Fsp3) is 0.400. The van der Waals surface area contributed by atoms with E-state index in [0.29, 0.717) is 6.61 Å². The average molecular weight is 274 g/mol. The molecule has 1 unspecified atom stereocenters. The highest BCUT2D eigenvalue weighted by atomic mass is 32.1. The molecule has 1 N–H and O–H groups in total. The molecule has 0 bridgehead atoms. The molecule has 0 amide bonds. The van der Waals surface area contributed by atoms with E-state index in [9.17, 15) is 0 Å². The van der Waals surface area contributed by atoms with Crippen LogP contribution in [-0.2, 0) is 17.7 Å². The summed E-state index contributed by atoms with van der Waals surface area (Å²) in [6, 6.07) is 10.4. The van der Waals surface area contributed by atoms with Crippen molar-refractivity contribution in [2.24, 2.45) is 0 Å². The number of rotatable bonds is 4. The highest BCUT2D eigenvalue weighted by Gasteiger charge is 2.22. The number of benzene rings is 1. The van der Waals surface area contributed by atoms with Crippen molar-refractivity contribution < 1.29 is 4.74 Å².